The molecule has 1 fully saturated rings. The molecule has 1 aromatic rings. The van der Waals surface area contributed by atoms with Gasteiger partial charge in [0, 0.05) is 23.7 Å². The molecule has 0 amide bonds. The van der Waals surface area contributed by atoms with E-state index in [1.807, 2.05) is 31.2 Å². The zero-order valence-electron chi connectivity index (χ0n) is 12.5. The zero-order chi connectivity index (χ0) is 15.7. The lowest BCUT2D eigenvalue weighted by atomic mass is 9.81. The fourth-order valence-electron chi connectivity index (χ4n) is 3.06. The predicted molar refractivity (Wildman–Crippen MR) is 86.7 cm³/mol. The van der Waals surface area contributed by atoms with E-state index in [4.69, 9.17) is 17.3 Å². The number of rotatable bonds is 4. The maximum atomic E-state index is 11.7. The van der Waals surface area contributed by atoms with E-state index in [0.29, 0.717) is 18.1 Å². The fraction of sp³-hybridized carbons (Fsp3) is 0.600. The van der Waals surface area contributed by atoms with Crippen LogP contribution in [0.25, 0.3) is 0 Å². The molecule has 2 rings (SSSR count). The molecule has 21 heavy (non-hydrogen) atoms. The van der Waals surface area contributed by atoms with Crippen LogP contribution in [0.5, 0.6) is 0 Å². The van der Waals surface area contributed by atoms with Gasteiger partial charge in [-0.1, -0.05) is 23.7 Å². The number of sulfonamides is 1. The summed E-state index contributed by atoms with van der Waals surface area (Å²) in [7, 11) is -3.11. The van der Waals surface area contributed by atoms with Gasteiger partial charge in [0.1, 0.15) is 0 Å². The maximum Gasteiger partial charge on any atom is 0.211 e. The largest absolute Gasteiger partial charge is 0.322 e. The van der Waals surface area contributed by atoms with Crippen molar-refractivity contribution in [3.05, 3.63) is 34.9 Å². The molecule has 1 aromatic carbocycles. The third-order valence-corrected chi connectivity index (χ3v) is 5.65. The summed E-state index contributed by atoms with van der Waals surface area (Å²) in [5.74, 6) is 0.280. The summed E-state index contributed by atoms with van der Waals surface area (Å²) in [5, 5.41) is 0.672. The minimum absolute atomic E-state index is 0.280. The van der Waals surface area contributed by atoms with Crippen molar-refractivity contribution in [1.29, 1.82) is 0 Å². The van der Waals surface area contributed by atoms with Crippen molar-refractivity contribution in [2.24, 2.45) is 11.7 Å². The van der Waals surface area contributed by atoms with Gasteiger partial charge < -0.3 is 5.73 Å². The van der Waals surface area contributed by atoms with Crippen molar-refractivity contribution in [2.75, 3.05) is 19.3 Å². The number of piperidine rings is 1. The Labute approximate surface area is 132 Å². The van der Waals surface area contributed by atoms with Crippen LogP contribution in [0.2, 0.25) is 5.02 Å². The third-order valence-electron chi connectivity index (χ3n) is 4.15. The lowest BCUT2D eigenvalue weighted by molar-refractivity contribution is 0.221. The quantitative estimate of drug-likeness (QED) is 0.922. The summed E-state index contributed by atoms with van der Waals surface area (Å²) >= 11 is 6.03. The molecule has 0 aliphatic carbocycles. The monoisotopic (exact) mass is 330 g/mol. The number of benzene rings is 1. The van der Waals surface area contributed by atoms with Gasteiger partial charge in [-0.15, -0.1) is 0 Å². The minimum atomic E-state index is -3.11. The predicted octanol–water partition coefficient (Wildman–Crippen LogP) is 2.58. The number of nitrogens with zero attached hydrogens (tertiary/aromatic N) is 1. The van der Waals surface area contributed by atoms with E-state index in [9.17, 15) is 8.42 Å². The molecule has 1 heterocycles. The van der Waals surface area contributed by atoms with E-state index in [0.717, 1.165) is 24.8 Å². The molecule has 118 valence electrons. The number of hydrogen-bond acceptors (Lipinski definition) is 3. The lowest BCUT2D eigenvalue weighted by Crippen LogP contribution is -2.43. The molecule has 6 heteroatoms. The van der Waals surface area contributed by atoms with Crippen LogP contribution in [0.15, 0.2) is 24.3 Å². The van der Waals surface area contributed by atoms with Gasteiger partial charge in [-0.2, -0.15) is 0 Å². The van der Waals surface area contributed by atoms with Gasteiger partial charge in [0.25, 0.3) is 0 Å². The molecule has 0 radical (unpaired) electrons. The first kappa shape index (κ1) is 16.7. The van der Waals surface area contributed by atoms with Gasteiger partial charge in [-0.05, 0) is 49.8 Å². The fourth-order valence-corrected chi connectivity index (χ4v) is 4.19. The van der Waals surface area contributed by atoms with Crippen molar-refractivity contribution < 1.29 is 8.42 Å². The molecule has 1 aliphatic heterocycles. The Bertz CT molecular complexity index is 601. The van der Waals surface area contributed by atoms with E-state index >= 15 is 0 Å². The van der Waals surface area contributed by atoms with Crippen LogP contribution >= 0.6 is 11.6 Å². The van der Waals surface area contributed by atoms with Crippen molar-refractivity contribution in [3.8, 4) is 0 Å². The molecule has 2 N–H and O–H groups in total. The van der Waals surface area contributed by atoms with Crippen molar-refractivity contribution in [2.45, 2.75) is 31.7 Å². The van der Waals surface area contributed by atoms with Crippen LogP contribution in [0.3, 0.4) is 0 Å². The molecule has 1 saturated heterocycles. The first-order valence-electron chi connectivity index (χ1n) is 7.18. The van der Waals surface area contributed by atoms with Gasteiger partial charge in [0.15, 0.2) is 0 Å². The second-order valence-corrected chi connectivity index (χ2v) is 8.68. The molecule has 0 bridgehead atoms. The summed E-state index contributed by atoms with van der Waals surface area (Å²) in [6, 6.07) is 7.58. The molecule has 2 atom stereocenters. The van der Waals surface area contributed by atoms with E-state index in [1.54, 1.807) is 4.31 Å². The average Bonchev–Trinajstić information content (AvgIpc) is 2.37. The molecular weight excluding hydrogens is 308 g/mol. The van der Waals surface area contributed by atoms with E-state index in [2.05, 4.69) is 0 Å². The van der Waals surface area contributed by atoms with Gasteiger partial charge in [0.2, 0.25) is 10.0 Å². The topological polar surface area (TPSA) is 63.4 Å². The first-order valence-corrected chi connectivity index (χ1v) is 9.41. The summed E-state index contributed by atoms with van der Waals surface area (Å²) in [6.45, 7) is 3.16. The summed E-state index contributed by atoms with van der Waals surface area (Å²) in [6.07, 6.45) is 3.93. The molecule has 2 unspecified atom stereocenters. The highest BCUT2D eigenvalue weighted by Gasteiger charge is 2.31. The zero-order valence-corrected chi connectivity index (χ0v) is 14.1. The number of halogens is 1. The Balaban J connectivity index is 2.09. The molecule has 1 aliphatic rings. The SMILES string of the molecule is CC(N)(CC1CCCN(S(C)(=O)=O)C1)c1cccc(Cl)c1. The molecular formula is C15H23ClN2O2S. The Morgan fingerprint density at radius 1 is 1.48 bits per heavy atom. The second-order valence-electron chi connectivity index (χ2n) is 6.26. The Morgan fingerprint density at radius 3 is 2.81 bits per heavy atom. The standard InChI is InChI=1S/C15H23ClN2O2S/c1-15(17,13-6-3-7-14(16)9-13)10-12-5-4-8-18(11-12)21(2,19)20/h3,6-7,9,12H,4-5,8,10-11,17H2,1-2H3. The van der Waals surface area contributed by atoms with Gasteiger partial charge >= 0.3 is 0 Å². The lowest BCUT2D eigenvalue weighted by Gasteiger charge is -2.36. The van der Waals surface area contributed by atoms with Crippen LogP contribution in [-0.2, 0) is 15.6 Å². The highest BCUT2D eigenvalue weighted by atomic mass is 35.5. The number of hydrogen-bond donors (Lipinski definition) is 1. The van der Waals surface area contributed by atoms with Crippen LogP contribution in [0.4, 0.5) is 0 Å². The van der Waals surface area contributed by atoms with E-state index in [1.165, 1.54) is 6.26 Å². The smallest absolute Gasteiger partial charge is 0.211 e. The van der Waals surface area contributed by atoms with E-state index < -0.39 is 15.6 Å². The summed E-state index contributed by atoms with van der Waals surface area (Å²) in [4.78, 5) is 0. The van der Waals surface area contributed by atoms with E-state index in [-0.39, 0.29) is 5.92 Å². The number of nitrogens with two attached hydrogens (primary N) is 1. The molecule has 4 nitrogen and oxygen atoms in total. The summed E-state index contributed by atoms with van der Waals surface area (Å²) in [5.41, 5.74) is 6.95. The third kappa shape index (κ3) is 4.42. The highest BCUT2D eigenvalue weighted by molar-refractivity contribution is 7.88. The molecule has 0 aromatic heterocycles. The second kappa shape index (κ2) is 6.24. The van der Waals surface area contributed by atoms with Crippen LogP contribution in [0, 0.1) is 5.92 Å². The maximum absolute atomic E-state index is 11.7. The van der Waals surface area contributed by atoms with Crippen LogP contribution in [-0.4, -0.2) is 32.1 Å². The Hall–Kier alpha value is -0.620. The van der Waals surface area contributed by atoms with Crippen molar-refractivity contribution in [3.63, 3.8) is 0 Å². The highest BCUT2D eigenvalue weighted by Crippen LogP contribution is 2.32. The minimum Gasteiger partial charge on any atom is -0.322 e. The van der Waals surface area contributed by atoms with Crippen LogP contribution < -0.4 is 5.73 Å². The normalized spacial score (nSPS) is 23.7. The van der Waals surface area contributed by atoms with Crippen LogP contribution in [0.1, 0.15) is 31.7 Å². The molecule has 0 saturated carbocycles. The molecule has 0 spiro atoms. The Kier molecular flexibility index (Phi) is 4.98. The first-order chi connectivity index (χ1) is 9.68. The average molecular weight is 331 g/mol. The van der Waals surface area contributed by atoms with Crippen molar-refractivity contribution in [1.82, 2.24) is 4.31 Å². The van der Waals surface area contributed by atoms with Gasteiger partial charge in [0.05, 0.1) is 6.26 Å². The van der Waals surface area contributed by atoms with Gasteiger partial charge in [-0.3, -0.25) is 0 Å². The summed E-state index contributed by atoms with van der Waals surface area (Å²) < 4.78 is 24.9. The van der Waals surface area contributed by atoms with Gasteiger partial charge in [-0.25, -0.2) is 12.7 Å². The van der Waals surface area contributed by atoms with Crippen molar-refractivity contribution >= 4 is 21.6 Å². The Morgan fingerprint density at radius 2 is 2.19 bits per heavy atom.